The van der Waals surface area contributed by atoms with Gasteiger partial charge in [0.2, 0.25) is 0 Å². The van der Waals surface area contributed by atoms with Gasteiger partial charge in [-0.05, 0) is 60.4 Å². The molecule has 0 amide bonds. The van der Waals surface area contributed by atoms with Gasteiger partial charge in [-0.15, -0.1) is 0 Å². The van der Waals surface area contributed by atoms with Gasteiger partial charge >= 0.3 is 0 Å². The lowest BCUT2D eigenvalue weighted by atomic mass is 9.82. The van der Waals surface area contributed by atoms with Crippen molar-refractivity contribution >= 4 is 11.4 Å². The number of benzene rings is 4. The zero-order chi connectivity index (χ0) is 21.8. The van der Waals surface area contributed by atoms with Crippen molar-refractivity contribution in [1.82, 2.24) is 0 Å². The van der Waals surface area contributed by atoms with E-state index in [-0.39, 0.29) is 0 Å². The molecule has 0 saturated heterocycles. The highest BCUT2D eigenvalue weighted by atomic mass is 15.2. The summed E-state index contributed by atoms with van der Waals surface area (Å²) in [6.45, 7) is 4.27. The van der Waals surface area contributed by atoms with Crippen LogP contribution in [0.4, 0.5) is 11.4 Å². The molecule has 2 aliphatic rings. The Morgan fingerprint density at radius 3 is 1.31 bits per heavy atom. The molecule has 4 heteroatoms. The Hall–Kier alpha value is -3.92. The molecule has 0 saturated carbocycles. The van der Waals surface area contributed by atoms with Gasteiger partial charge in [0, 0.05) is 11.1 Å². The summed E-state index contributed by atoms with van der Waals surface area (Å²) in [5, 5.41) is 18.3. The van der Waals surface area contributed by atoms with Gasteiger partial charge in [-0.3, -0.25) is 0 Å². The largest absolute Gasteiger partial charge is 0.172 e. The molecule has 4 nitrogen and oxygen atoms in total. The number of fused-ring (bicyclic) bond motifs is 2. The standard InChI is InChI=1S/C28H22N4/c1-27(21-9-5-3-6-10-21)23-17-19(13-15-25(23)29-31-27)20-14-16-26-24(18-20)28(2,32-30-26)22-11-7-4-8-12-22/h3-18H,1-2H3. The normalized spacial score (nSPS) is 22.7. The van der Waals surface area contributed by atoms with Gasteiger partial charge in [0.25, 0.3) is 0 Å². The van der Waals surface area contributed by atoms with E-state index in [9.17, 15) is 0 Å². The molecule has 2 heterocycles. The Balaban J connectivity index is 1.45. The first-order valence-electron chi connectivity index (χ1n) is 10.8. The van der Waals surface area contributed by atoms with Crippen LogP contribution in [0.5, 0.6) is 0 Å². The molecule has 0 radical (unpaired) electrons. The number of rotatable bonds is 3. The van der Waals surface area contributed by atoms with Crippen LogP contribution in [-0.2, 0) is 11.1 Å². The topological polar surface area (TPSA) is 49.4 Å². The van der Waals surface area contributed by atoms with E-state index in [1.165, 1.54) is 0 Å². The summed E-state index contributed by atoms with van der Waals surface area (Å²) in [7, 11) is 0. The molecule has 0 N–H and O–H groups in total. The van der Waals surface area contributed by atoms with Crippen LogP contribution in [0, 0.1) is 0 Å². The second kappa shape index (κ2) is 6.79. The van der Waals surface area contributed by atoms with Crippen molar-refractivity contribution < 1.29 is 0 Å². The molecule has 0 spiro atoms. The second-order valence-electron chi connectivity index (χ2n) is 8.74. The van der Waals surface area contributed by atoms with E-state index in [0.717, 1.165) is 44.8 Å². The Bertz CT molecular complexity index is 1280. The van der Waals surface area contributed by atoms with Crippen LogP contribution in [0.2, 0.25) is 0 Å². The average Bonchev–Trinajstić information content (AvgIpc) is 3.38. The Morgan fingerprint density at radius 1 is 0.500 bits per heavy atom. The van der Waals surface area contributed by atoms with Gasteiger partial charge in [0.05, 0.1) is 11.4 Å². The number of hydrogen-bond donors (Lipinski definition) is 0. The molecular formula is C28H22N4. The molecule has 2 aliphatic heterocycles. The fraction of sp³-hybridized carbons (Fsp3) is 0.143. The van der Waals surface area contributed by atoms with Crippen LogP contribution < -0.4 is 0 Å². The summed E-state index contributed by atoms with van der Waals surface area (Å²) in [5.74, 6) is 0. The summed E-state index contributed by atoms with van der Waals surface area (Å²) in [6, 6.07) is 33.6. The van der Waals surface area contributed by atoms with E-state index >= 15 is 0 Å². The Morgan fingerprint density at radius 2 is 0.906 bits per heavy atom. The van der Waals surface area contributed by atoms with E-state index in [1.54, 1.807) is 0 Å². The Kier molecular flexibility index (Phi) is 3.99. The summed E-state index contributed by atoms with van der Waals surface area (Å²) >= 11 is 0. The predicted molar refractivity (Wildman–Crippen MR) is 127 cm³/mol. The molecule has 154 valence electrons. The van der Waals surface area contributed by atoms with Crippen molar-refractivity contribution in [1.29, 1.82) is 0 Å². The minimum absolute atomic E-state index is 0.480. The maximum atomic E-state index is 4.66. The highest BCUT2D eigenvalue weighted by Gasteiger charge is 2.37. The van der Waals surface area contributed by atoms with Crippen molar-refractivity contribution in [3.05, 3.63) is 119 Å². The SMILES string of the molecule is CC1(c2ccccc2)N=Nc2ccc(-c3ccc4c(c3)C(C)(c3ccccc3)N=N4)cc21. The zero-order valence-corrected chi connectivity index (χ0v) is 18.0. The number of azo groups is 2. The predicted octanol–water partition coefficient (Wildman–Crippen LogP) is 8.08. The lowest BCUT2D eigenvalue weighted by molar-refractivity contribution is 0.603. The van der Waals surface area contributed by atoms with Crippen LogP contribution in [0.1, 0.15) is 36.1 Å². The van der Waals surface area contributed by atoms with Gasteiger partial charge in [-0.25, -0.2) is 0 Å². The van der Waals surface area contributed by atoms with Crippen LogP contribution in [0.15, 0.2) is 118 Å². The molecule has 0 aromatic heterocycles. The Labute approximate surface area is 187 Å². The zero-order valence-electron chi connectivity index (χ0n) is 18.0. The third kappa shape index (κ3) is 2.69. The van der Waals surface area contributed by atoms with Crippen molar-refractivity contribution in [3.63, 3.8) is 0 Å². The summed E-state index contributed by atoms with van der Waals surface area (Å²) in [6.07, 6.45) is 0. The lowest BCUT2D eigenvalue weighted by Gasteiger charge is -2.23. The van der Waals surface area contributed by atoms with Gasteiger partial charge in [-0.1, -0.05) is 72.8 Å². The van der Waals surface area contributed by atoms with Crippen LogP contribution in [0.25, 0.3) is 11.1 Å². The second-order valence-corrected chi connectivity index (χ2v) is 8.74. The highest BCUT2D eigenvalue weighted by Crippen LogP contribution is 2.48. The monoisotopic (exact) mass is 414 g/mol. The van der Waals surface area contributed by atoms with Crippen molar-refractivity contribution in [2.75, 3.05) is 0 Å². The first-order chi connectivity index (χ1) is 15.6. The first-order valence-corrected chi connectivity index (χ1v) is 10.8. The van der Waals surface area contributed by atoms with Crippen LogP contribution in [0.3, 0.4) is 0 Å². The molecule has 0 bridgehead atoms. The minimum atomic E-state index is -0.480. The molecule has 6 rings (SSSR count). The smallest absolute Gasteiger partial charge is 0.131 e. The summed E-state index contributed by atoms with van der Waals surface area (Å²) in [5.41, 5.74) is 7.72. The molecule has 0 aliphatic carbocycles. The molecule has 4 aromatic carbocycles. The number of nitrogens with zero attached hydrogens (tertiary/aromatic N) is 4. The molecule has 2 unspecified atom stereocenters. The van der Waals surface area contributed by atoms with E-state index in [4.69, 9.17) is 0 Å². The van der Waals surface area contributed by atoms with Crippen molar-refractivity contribution in [2.45, 2.75) is 24.9 Å². The fourth-order valence-electron chi connectivity index (χ4n) is 4.75. The average molecular weight is 415 g/mol. The van der Waals surface area contributed by atoms with Crippen molar-refractivity contribution in [2.24, 2.45) is 20.5 Å². The highest BCUT2D eigenvalue weighted by molar-refractivity contribution is 5.74. The van der Waals surface area contributed by atoms with Crippen LogP contribution in [-0.4, -0.2) is 0 Å². The van der Waals surface area contributed by atoms with Gasteiger partial charge < -0.3 is 0 Å². The molecule has 32 heavy (non-hydrogen) atoms. The number of hydrogen-bond acceptors (Lipinski definition) is 4. The fourth-order valence-corrected chi connectivity index (χ4v) is 4.75. The summed E-state index contributed by atoms with van der Waals surface area (Å²) < 4.78 is 0. The van der Waals surface area contributed by atoms with E-state index in [2.05, 4.69) is 119 Å². The molecule has 2 atom stereocenters. The van der Waals surface area contributed by atoms with E-state index < -0.39 is 11.1 Å². The summed E-state index contributed by atoms with van der Waals surface area (Å²) in [4.78, 5) is 0. The molecule has 4 aromatic rings. The van der Waals surface area contributed by atoms with E-state index in [1.807, 2.05) is 12.1 Å². The molecule has 0 fully saturated rings. The minimum Gasteiger partial charge on any atom is -0.172 e. The van der Waals surface area contributed by atoms with Crippen LogP contribution >= 0.6 is 0 Å². The third-order valence-electron chi connectivity index (χ3n) is 6.76. The third-order valence-corrected chi connectivity index (χ3v) is 6.76. The lowest BCUT2D eigenvalue weighted by Crippen LogP contribution is -2.18. The maximum absolute atomic E-state index is 4.66. The van der Waals surface area contributed by atoms with Gasteiger partial charge in [0.15, 0.2) is 0 Å². The van der Waals surface area contributed by atoms with E-state index in [0.29, 0.717) is 0 Å². The molecular weight excluding hydrogens is 392 g/mol. The van der Waals surface area contributed by atoms with Gasteiger partial charge in [0.1, 0.15) is 11.1 Å². The maximum Gasteiger partial charge on any atom is 0.131 e. The quantitative estimate of drug-likeness (QED) is 0.325. The van der Waals surface area contributed by atoms with Crippen molar-refractivity contribution in [3.8, 4) is 11.1 Å². The van der Waals surface area contributed by atoms with Gasteiger partial charge in [-0.2, -0.15) is 20.5 Å². The first kappa shape index (κ1) is 18.8.